The largest absolute Gasteiger partial charge is 0.450 e. The van der Waals surface area contributed by atoms with Crippen LogP contribution in [0, 0.1) is 0 Å². The molecule has 1 saturated heterocycles. The Balaban J connectivity index is 2.18. The van der Waals surface area contributed by atoms with Gasteiger partial charge in [-0.15, -0.1) is 0 Å². The van der Waals surface area contributed by atoms with Gasteiger partial charge in [-0.2, -0.15) is 0 Å². The molecular formula is C22H42N2O5. The quantitative estimate of drug-likeness (QED) is 0.461. The lowest BCUT2D eigenvalue weighted by atomic mass is 10.1. The lowest BCUT2D eigenvalue weighted by Crippen LogP contribution is -2.44. The second-order valence-electron chi connectivity index (χ2n) is 8.87. The number of nitrogens with one attached hydrogen (secondary N) is 1. The molecule has 1 heterocycles. The Bertz CT molecular complexity index is 478. The number of likely N-dealkylation sites (tertiary alicyclic amines) is 1. The highest BCUT2D eigenvalue weighted by molar-refractivity contribution is 5.70. The Labute approximate surface area is 176 Å². The number of carbonyl (C=O) groups excluding carboxylic acids is 2. The van der Waals surface area contributed by atoms with Crippen LogP contribution < -0.4 is 5.32 Å². The van der Waals surface area contributed by atoms with Crippen LogP contribution in [0.3, 0.4) is 0 Å². The van der Waals surface area contributed by atoms with Gasteiger partial charge >= 0.3 is 12.2 Å². The molecule has 2 atom stereocenters. The Morgan fingerprint density at radius 2 is 1.55 bits per heavy atom. The summed E-state index contributed by atoms with van der Waals surface area (Å²) in [6, 6.07) is -0.303. The van der Waals surface area contributed by atoms with Gasteiger partial charge in [0.1, 0.15) is 5.60 Å². The number of nitrogens with zero attached hydrogens (tertiary/aromatic N) is 1. The van der Waals surface area contributed by atoms with E-state index in [2.05, 4.69) is 12.2 Å². The van der Waals surface area contributed by atoms with E-state index in [1.807, 2.05) is 20.8 Å². The smallest absolute Gasteiger partial charge is 0.410 e. The molecule has 0 aliphatic carbocycles. The summed E-state index contributed by atoms with van der Waals surface area (Å²) in [4.78, 5) is 25.9. The first kappa shape index (κ1) is 25.5. The fourth-order valence-electron chi connectivity index (χ4n) is 3.40. The predicted molar refractivity (Wildman–Crippen MR) is 114 cm³/mol. The van der Waals surface area contributed by atoms with Gasteiger partial charge in [-0.1, -0.05) is 58.3 Å². The fourth-order valence-corrected chi connectivity index (χ4v) is 3.40. The molecule has 0 spiro atoms. The van der Waals surface area contributed by atoms with Crippen molar-refractivity contribution in [2.45, 2.75) is 103 Å². The lowest BCUT2D eigenvalue weighted by molar-refractivity contribution is 0.0252. The second-order valence-corrected chi connectivity index (χ2v) is 8.87. The van der Waals surface area contributed by atoms with E-state index in [9.17, 15) is 9.59 Å². The number of amides is 2. The molecule has 0 bridgehead atoms. The van der Waals surface area contributed by atoms with Crippen molar-refractivity contribution in [2.24, 2.45) is 0 Å². The second kappa shape index (κ2) is 13.7. The van der Waals surface area contributed by atoms with Crippen LogP contribution >= 0.6 is 0 Å². The van der Waals surface area contributed by atoms with Crippen LogP contribution in [0.4, 0.5) is 9.59 Å². The van der Waals surface area contributed by atoms with Crippen LogP contribution in [-0.4, -0.2) is 61.6 Å². The molecule has 170 valence electrons. The Hall–Kier alpha value is -1.50. The molecule has 29 heavy (non-hydrogen) atoms. The third kappa shape index (κ3) is 11.3. The van der Waals surface area contributed by atoms with E-state index in [1.165, 1.54) is 44.9 Å². The summed E-state index contributed by atoms with van der Waals surface area (Å²) in [7, 11) is 1.57. The van der Waals surface area contributed by atoms with Crippen molar-refractivity contribution in [3.63, 3.8) is 0 Å². The number of rotatable bonds is 12. The van der Waals surface area contributed by atoms with Gasteiger partial charge in [0.15, 0.2) is 0 Å². The Morgan fingerprint density at radius 3 is 2.10 bits per heavy atom. The SMILES string of the molecule is CCCCCCCCCCCOC(=O)N[C@H]1CN(C(=O)OC(C)(C)C)C[C@@H]1OC. The molecule has 0 unspecified atom stereocenters. The van der Waals surface area contributed by atoms with Gasteiger partial charge < -0.3 is 24.4 Å². The minimum Gasteiger partial charge on any atom is -0.450 e. The van der Waals surface area contributed by atoms with Crippen LogP contribution in [0.1, 0.15) is 85.5 Å². The zero-order chi connectivity index (χ0) is 21.7. The highest BCUT2D eigenvalue weighted by atomic mass is 16.6. The molecule has 7 nitrogen and oxygen atoms in total. The standard InChI is InChI=1S/C22H42N2O5/c1-6-7-8-9-10-11-12-13-14-15-28-20(25)23-18-16-24(17-19(18)27-5)21(26)29-22(2,3)4/h18-19H,6-17H2,1-5H3,(H,23,25)/t18-,19-/m0/s1. The van der Waals surface area contributed by atoms with Crippen molar-refractivity contribution < 1.29 is 23.8 Å². The number of methoxy groups -OCH3 is 1. The molecule has 2 amide bonds. The molecule has 1 fully saturated rings. The summed E-state index contributed by atoms with van der Waals surface area (Å²) in [6.45, 7) is 8.86. The minimum atomic E-state index is -0.556. The predicted octanol–water partition coefficient (Wildman–Crippen LogP) is 4.88. The number of alkyl carbamates (subject to hydrolysis) is 1. The highest BCUT2D eigenvalue weighted by Gasteiger charge is 2.38. The maximum Gasteiger partial charge on any atom is 0.410 e. The van der Waals surface area contributed by atoms with E-state index >= 15 is 0 Å². The summed E-state index contributed by atoms with van der Waals surface area (Å²) in [6.07, 6.45) is 9.87. The maximum absolute atomic E-state index is 12.2. The Morgan fingerprint density at radius 1 is 0.966 bits per heavy atom. The first-order valence-electron chi connectivity index (χ1n) is 11.2. The normalized spacial score (nSPS) is 19.3. The number of carbonyl (C=O) groups is 2. The van der Waals surface area contributed by atoms with Crippen LogP contribution in [0.15, 0.2) is 0 Å². The molecule has 0 aromatic rings. The van der Waals surface area contributed by atoms with Crippen molar-refractivity contribution in [3.05, 3.63) is 0 Å². The Kier molecular flexibility index (Phi) is 12.0. The van der Waals surface area contributed by atoms with Crippen LogP contribution in [0.2, 0.25) is 0 Å². The van der Waals surface area contributed by atoms with Crippen molar-refractivity contribution in [3.8, 4) is 0 Å². The molecule has 1 N–H and O–H groups in total. The molecule has 7 heteroatoms. The van der Waals surface area contributed by atoms with Crippen LogP contribution in [0.5, 0.6) is 0 Å². The highest BCUT2D eigenvalue weighted by Crippen LogP contribution is 2.18. The summed E-state index contributed by atoms with van der Waals surface area (Å²) < 4.78 is 16.1. The average molecular weight is 415 g/mol. The van der Waals surface area contributed by atoms with E-state index in [1.54, 1.807) is 12.0 Å². The van der Waals surface area contributed by atoms with E-state index in [0.29, 0.717) is 19.7 Å². The average Bonchev–Trinajstić information content (AvgIpc) is 3.05. The van der Waals surface area contributed by atoms with Crippen molar-refractivity contribution in [1.82, 2.24) is 10.2 Å². The number of hydrogen-bond donors (Lipinski definition) is 1. The summed E-state index contributed by atoms with van der Waals surface area (Å²) in [5.74, 6) is 0. The van der Waals surface area contributed by atoms with E-state index in [-0.39, 0.29) is 12.1 Å². The van der Waals surface area contributed by atoms with E-state index < -0.39 is 17.8 Å². The molecule has 1 aliphatic rings. The molecule has 0 saturated carbocycles. The zero-order valence-electron chi connectivity index (χ0n) is 19.1. The zero-order valence-corrected chi connectivity index (χ0v) is 19.1. The summed E-state index contributed by atoms with van der Waals surface area (Å²) in [5, 5.41) is 2.82. The maximum atomic E-state index is 12.2. The molecule has 0 aromatic carbocycles. The first-order chi connectivity index (χ1) is 13.8. The minimum absolute atomic E-state index is 0.275. The fraction of sp³-hybridized carbons (Fsp3) is 0.909. The van der Waals surface area contributed by atoms with Crippen molar-refractivity contribution in [1.29, 1.82) is 0 Å². The number of unbranched alkanes of at least 4 members (excludes halogenated alkanes) is 8. The van der Waals surface area contributed by atoms with Crippen molar-refractivity contribution >= 4 is 12.2 Å². The molecule has 1 rings (SSSR count). The van der Waals surface area contributed by atoms with Gasteiger partial charge in [-0.05, 0) is 27.2 Å². The molecule has 0 aromatic heterocycles. The van der Waals surface area contributed by atoms with E-state index in [4.69, 9.17) is 14.2 Å². The molecule has 1 aliphatic heterocycles. The lowest BCUT2D eigenvalue weighted by Gasteiger charge is -2.24. The summed E-state index contributed by atoms with van der Waals surface area (Å²) >= 11 is 0. The number of hydrogen-bond acceptors (Lipinski definition) is 5. The topological polar surface area (TPSA) is 77.1 Å². The first-order valence-corrected chi connectivity index (χ1v) is 11.2. The van der Waals surface area contributed by atoms with Gasteiger partial charge in [-0.25, -0.2) is 9.59 Å². The van der Waals surface area contributed by atoms with Gasteiger partial charge in [-0.3, -0.25) is 0 Å². The van der Waals surface area contributed by atoms with Crippen LogP contribution in [0.25, 0.3) is 0 Å². The third-order valence-electron chi connectivity index (χ3n) is 5.00. The van der Waals surface area contributed by atoms with Gasteiger partial charge in [0.25, 0.3) is 0 Å². The molecule has 0 radical (unpaired) electrons. The van der Waals surface area contributed by atoms with Crippen LogP contribution in [-0.2, 0) is 14.2 Å². The van der Waals surface area contributed by atoms with Gasteiger partial charge in [0.05, 0.1) is 25.3 Å². The van der Waals surface area contributed by atoms with Gasteiger partial charge in [0.2, 0.25) is 0 Å². The monoisotopic (exact) mass is 414 g/mol. The molecular weight excluding hydrogens is 372 g/mol. The summed E-state index contributed by atoms with van der Waals surface area (Å²) in [5.41, 5.74) is -0.556. The third-order valence-corrected chi connectivity index (χ3v) is 5.00. The van der Waals surface area contributed by atoms with Gasteiger partial charge in [0, 0.05) is 13.7 Å². The van der Waals surface area contributed by atoms with Crippen molar-refractivity contribution in [2.75, 3.05) is 26.8 Å². The van der Waals surface area contributed by atoms with E-state index in [0.717, 1.165) is 12.8 Å². The number of ether oxygens (including phenoxy) is 3.